The Balaban J connectivity index is 1.36. The number of nitrogens with zero attached hydrogens (tertiary/aromatic N) is 6. The highest BCUT2D eigenvalue weighted by Crippen LogP contribution is 2.56. The summed E-state index contributed by atoms with van der Waals surface area (Å²) < 4.78 is 4.23. The summed E-state index contributed by atoms with van der Waals surface area (Å²) in [6.45, 7) is 9.49. The highest BCUT2D eigenvalue weighted by Gasteiger charge is 2.54. The summed E-state index contributed by atoms with van der Waals surface area (Å²) in [5.41, 5.74) is 8.91. The van der Waals surface area contributed by atoms with Gasteiger partial charge in [-0.05, 0) is 56.5 Å². The molecule has 1 aliphatic heterocycles. The van der Waals surface area contributed by atoms with Crippen molar-refractivity contribution in [2.45, 2.75) is 32.6 Å². The molecule has 0 radical (unpaired) electrons. The number of aryl methyl sites for hydroxylation is 3. The third-order valence-electron chi connectivity index (χ3n) is 8.77. The van der Waals surface area contributed by atoms with Crippen LogP contribution in [0.15, 0.2) is 49.2 Å². The molecule has 192 valence electrons. The molecule has 1 N–H and O–H groups in total. The summed E-state index contributed by atoms with van der Waals surface area (Å²) in [4.78, 5) is 19.3. The second-order valence-electron chi connectivity index (χ2n) is 11.3. The summed E-state index contributed by atoms with van der Waals surface area (Å²) in [6, 6.07) is 10.8. The molecule has 1 saturated heterocycles. The molecule has 8 nitrogen and oxygen atoms in total. The Hall–Kier alpha value is -4.20. The van der Waals surface area contributed by atoms with E-state index in [1.54, 1.807) is 0 Å². The number of imidazole rings is 1. The second-order valence-corrected chi connectivity index (χ2v) is 11.3. The average molecular weight is 506 g/mol. The van der Waals surface area contributed by atoms with Crippen LogP contribution < -0.4 is 0 Å². The molecule has 2 aliphatic rings. The zero-order valence-corrected chi connectivity index (χ0v) is 22.2. The van der Waals surface area contributed by atoms with E-state index in [2.05, 4.69) is 77.7 Å². The number of amides is 1. The summed E-state index contributed by atoms with van der Waals surface area (Å²) in [6.07, 6.45) is 5.43. The Bertz CT molecular complexity index is 1770. The maximum Gasteiger partial charge on any atom is 0.245 e. The van der Waals surface area contributed by atoms with Crippen molar-refractivity contribution in [3.8, 4) is 22.5 Å². The molecule has 1 amide bonds. The first-order chi connectivity index (χ1) is 18.3. The molecule has 3 aromatic heterocycles. The van der Waals surface area contributed by atoms with Crippen LogP contribution in [0, 0.1) is 19.3 Å². The van der Waals surface area contributed by atoms with Gasteiger partial charge in [0.15, 0.2) is 0 Å². The number of carbonyl (C=O) groups is 1. The van der Waals surface area contributed by atoms with Crippen molar-refractivity contribution in [3.05, 3.63) is 66.3 Å². The molecule has 38 heavy (non-hydrogen) atoms. The number of aromatic nitrogens is 6. The molecule has 2 aromatic carbocycles. The van der Waals surface area contributed by atoms with Crippen molar-refractivity contribution >= 4 is 27.7 Å². The summed E-state index contributed by atoms with van der Waals surface area (Å²) in [5.74, 6) is 1.50. The molecule has 0 bridgehead atoms. The zero-order valence-electron chi connectivity index (χ0n) is 22.2. The van der Waals surface area contributed by atoms with Gasteiger partial charge in [-0.25, -0.2) is 4.98 Å². The smallest absolute Gasteiger partial charge is 0.245 e. The largest absolute Gasteiger partial charge is 0.338 e. The van der Waals surface area contributed by atoms with Gasteiger partial charge in [-0.2, -0.15) is 10.2 Å². The van der Waals surface area contributed by atoms with Gasteiger partial charge >= 0.3 is 0 Å². The molecule has 4 heterocycles. The van der Waals surface area contributed by atoms with Crippen LogP contribution >= 0.6 is 0 Å². The van der Waals surface area contributed by atoms with E-state index in [4.69, 9.17) is 4.98 Å². The Kier molecular flexibility index (Phi) is 4.77. The van der Waals surface area contributed by atoms with Gasteiger partial charge in [0.1, 0.15) is 5.82 Å². The molecular formula is C30H31N7O. The first-order valence-corrected chi connectivity index (χ1v) is 13.1. The van der Waals surface area contributed by atoms with E-state index in [-0.39, 0.29) is 11.3 Å². The molecular weight excluding hydrogens is 474 g/mol. The summed E-state index contributed by atoms with van der Waals surface area (Å²) in [5, 5.41) is 14.4. The van der Waals surface area contributed by atoms with Crippen molar-refractivity contribution in [2.75, 3.05) is 13.1 Å². The fourth-order valence-corrected chi connectivity index (χ4v) is 6.87. The Morgan fingerprint density at radius 2 is 1.92 bits per heavy atom. The van der Waals surface area contributed by atoms with Gasteiger partial charge in [-0.3, -0.25) is 14.6 Å². The van der Waals surface area contributed by atoms with Crippen LogP contribution in [0.2, 0.25) is 0 Å². The molecule has 7 rings (SSSR count). The third-order valence-corrected chi connectivity index (χ3v) is 8.77. The number of carbonyl (C=O) groups excluding carboxylic acids is 1. The Morgan fingerprint density at radius 1 is 1.13 bits per heavy atom. The van der Waals surface area contributed by atoms with Gasteiger partial charge in [0.25, 0.3) is 0 Å². The van der Waals surface area contributed by atoms with Crippen LogP contribution in [0.3, 0.4) is 0 Å². The van der Waals surface area contributed by atoms with Crippen LogP contribution in [-0.4, -0.2) is 53.4 Å². The van der Waals surface area contributed by atoms with Crippen molar-refractivity contribution in [1.29, 1.82) is 0 Å². The molecule has 1 aliphatic carbocycles. The predicted molar refractivity (Wildman–Crippen MR) is 149 cm³/mol. The Morgan fingerprint density at radius 3 is 2.68 bits per heavy atom. The van der Waals surface area contributed by atoms with Crippen LogP contribution in [0.1, 0.15) is 35.8 Å². The van der Waals surface area contributed by atoms with Crippen molar-refractivity contribution in [3.63, 3.8) is 0 Å². The third kappa shape index (κ3) is 3.15. The fraction of sp³-hybridized carbons (Fsp3) is 0.333. The number of H-pyrrole nitrogens is 1. The number of rotatable bonds is 4. The van der Waals surface area contributed by atoms with E-state index in [1.807, 2.05) is 22.8 Å². The summed E-state index contributed by atoms with van der Waals surface area (Å²) >= 11 is 0. The van der Waals surface area contributed by atoms with Gasteiger partial charge in [0.05, 0.1) is 34.3 Å². The van der Waals surface area contributed by atoms with E-state index >= 15 is 0 Å². The number of hydrogen-bond acceptors (Lipinski definition) is 4. The zero-order chi connectivity index (χ0) is 26.3. The van der Waals surface area contributed by atoms with Gasteiger partial charge < -0.3 is 9.47 Å². The van der Waals surface area contributed by atoms with E-state index in [0.29, 0.717) is 5.92 Å². The number of nitrogens with one attached hydrogen (secondary N) is 1. The lowest BCUT2D eigenvalue weighted by Crippen LogP contribution is -2.63. The second kappa shape index (κ2) is 7.90. The maximum absolute atomic E-state index is 12.0. The quantitative estimate of drug-likeness (QED) is 0.348. The van der Waals surface area contributed by atoms with Crippen LogP contribution in [0.25, 0.3) is 44.3 Å². The number of fused-ring (bicyclic) bond motifs is 2. The minimum Gasteiger partial charge on any atom is -0.338 e. The molecule has 8 heteroatoms. The van der Waals surface area contributed by atoms with Crippen LogP contribution in [0.4, 0.5) is 0 Å². The molecule has 1 saturated carbocycles. The molecule has 5 aromatic rings. The predicted octanol–water partition coefficient (Wildman–Crippen LogP) is 5.03. The molecule has 0 unspecified atom stereocenters. The number of aromatic amines is 1. The van der Waals surface area contributed by atoms with Crippen molar-refractivity contribution < 1.29 is 4.79 Å². The first-order valence-electron chi connectivity index (χ1n) is 13.1. The van der Waals surface area contributed by atoms with E-state index in [1.165, 1.54) is 11.6 Å². The SMILES string of the molecule is C=CC(=O)N1CC2(CC(c3nc(-c4ccc5c(c4)c(C)nn5C)c(-c4c(C)ccc5[nH]ncc45)n3C)C2)C1. The standard InChI is InChI=1S/C30H31N7O/c1-6-25(38)37-15-30(16-37)12-20(13-30)29-32-27(19-8-10-24-21(11-19)18(3)34-36(24)5)28(35(29)4)26-17(2)7-9-23-22(26)14-31-33-23/h6-11,14,20H,1,12-13,15-16H2,2-5H3,(H,31,33). The van der Waals surface area contributed by atoms with E-state index in [0.717, 1.165) is 81.8 Å². The first kappa shape index (κ1) is 23.0. The van der Waals surface area contributed by atoms with Crippen molar-refractivity contribution in [1.82, 2.24) is 34.4 Å². The van der Waals surface area contributed by atoms with E-state index < -0.39 is 0 Å². The lowest BCUT2D eigenvalue weighted by atomic mass is 9.57. The average Bonchev–Trinajstić information content (AvgIpc) is 3.54. The van der Waals surface area contributed by atoms with Gasteiger partial charge in [-0.15, -0.1) is 0 Å². The molecule has 2 fully saturated rings. The Labute approximate surface area is 221 Å². The maximum atomic E-state index is 12.0. The number of benzene rings is 2. The van der Waals surface area contributed by atoms with Gasteiger partial charge in [0, 0.05) is 60.4 Å². The summed E-state index contributed by atoms with van der Waals surface area (Å²) in [7, 11) is 4.13. The lowest BCUT2D eigenvalue weighted by molar-refractivity contribution is -0.146. The molecule has 1 spiro atoms. The lowest BCUT2D eigenvalue weighted by Gasteiger charge is -2.58. The van der Waals surface area contributed by atoms with E-state index in [9.17, 15) is 4.79 Å². The highest BCUT2D eigenvalue weighted by molar-refractivity contribution is 5.99. The number of likely N-dealkylation sites (tertiary alicyclic amines) is 1. The normalized spacial score (nSPS) is 16.8. The number of hydrogen-bond donors (Lipinski definition) is 1. The highest BCUT2D eigenvalue weighted by atomic mass is 16.2. The van der Waals surface area contributed by atoms with Crippen molar-refractivity contribution in [2.24, 2.45) is 19.5 Å². The van der Waals surface area contributed by atoms with Gasteiger partial charge in [-0.1, -0.05) is 18.7 Å². The minimum absolute atomic E-state index is 0.0328. The van der Waals surface area contributed by atoms with Gasteiger partial charge in [0.2, 0.25) is 5.91 Å². The van der Waals surface area contributed by atoms with Crippen LogP contribution in [0.5, 0.6) is 0 Å². The van der Waals surface area contributed by atoms with Crippen LogP contribution in [-0.2, 0) is 18.9 Å². The monoisotopic (exact) mass is 505 g/mol. The fourth-order valence-electron chi connectivity index (χ4n) is 6.87. The molecule has 0 atom stereocenters. The minimum atomic E-state index is 0.0328. The topological polar surface area (TPSA) is 84.6 Å².